The van der Waals surface area contributed by atoms with Crippen LogP contribution in [0.3, 0.4) is 0 Å². The van der Waals surface area contributed by atoms with Crippen LogP contribution in [0.1, 0.15) is 30.6 Å². The fraction of sp³-hybridized carbons (Fsp3) is 0.357. The summed E-state index contributed by atoms with van der Waals surface area (Å²) in [5.74, 6) is 2.31. The zero-order valence-corrected chi connectivity index (χ0v) is 10.3. The van der Waals surface area contributed by atoms with Crippen LogP contribution in [0.5, 0.6) is 0 Å². The average Bonchev–Trinajstić information content (AvgIpc) is 2.37. The van der Waals surface area contributed by atoms with Gasteiger partial charge in [-0.2, -0.15) is 0 Å². The Balaban J connectivity index is 2.59. The Morgan fingerprint density at radius 3 is 2.83 bits per heavy atom. The van der Waals surface area contributed by atoms with Crippen LogP contribution >= 0.6 is 0 Å². The van der Waals surface area contributed by atoms with Crippen molar-refractivity contribution in [3.05, 3.63) is 35.4 Å². The topological polar surface area (TPSA) is 69.6 Å². The van der Waals surface area contributed by atoms with Crippen LogP contribution in [0.15, 0.2) is 24.3 Å². The van der Waals surface area contributed by atoms with Gasteiger partial charge in [0.15, 0.2) is 0 Å². The van der Waals surface area contributed by atoms with Crippen LogP contribution in [-0.2, 0) is 4.79 Å². The molecule has 1 rings (SSSR count). The van der Waals surface area contributed by atoms with Gasteiger partial charge in [0.05, 0.1) is 6.10 Å². The smallest absolute Gasteiger partial charge is 0.216 e. The van der Waals surface area contributed by atoms with Crippen LogP contribution in [0.25, 0.3) is 0 Å². The SMILES string of the molecule is C#Cc1cccc(C(O)C(O)CCNC(C)=O)c1. The number of aliphatic hydroxyl groups is 2. The lowest BCUT2D eigenvalue weighted by molar-refractivity contribution is -0.119. The first-order valence-corrected chi connectivity index (χ1v) is 5.71. The number of amides is 1. The van der Waals surface area contributed by atoms with E-state index in [9.17, 15) is 15.0 Å². The van der Waals surface area contributed by atoms with Crippen molar-refractivity contribution >= 4 is 5.91 Å². The minimum Gasteiger partial charge on any atom is -0.390 e. The van der Waals surface area contributed by atoms with Gasteiger partial charge in [-0.1, -0.05) is 18.1 Å². The average molecular weight is 247 g/mol. The Morgan fingerprint density at radius 1 is 1.50 bits per heavy atom. The van der Waals surface area contributed by atoms with E-state index in [2.05, 4.69) is 11.2 Å². The maximum atomic E-state index is 10.7. The van der Waals surface area contributed by atoms with E-state index in [1.165, 1.54) is 6.92 Å². The summed E-state index contributed by atoms with van der Waals surface area (Å²) in [6, 6.07) is 6.84. The van der Waals surface area contributed by atoms with Gasteiger partial charge >= 0.3 is 0 Å². The lowest BCUT2D eigenvalue weighted by Gasteiger charge is -2.18. The molecule has 1 aromatic rings. The van der Waals surface area contributed by atoms with Gasteiger partial charge in [0.1, 0.15) is 6.10 Å². The molecule has 0 aromatic heterocycles. The molecule has 0 spiro atoms. The normalized spacial score (nSPS) is 13.4. The molecular formula is C14H17NO3. The molecule has 0 heterocycles. The molecule has 4 heteroatoms. The second-order valence-electron chi connectivity index (χ2n) is 4.05. The fourth-order valence-corrected chi connectivity index (χ4v) is 1.59. The molecule has 0 saturated carbocycles. The predicted octanol–water partition coefficient (Wildman–Crippen LogP) is 0.588. The molecular weight excluding hydrogens is 230 g/mol. The molecule has 18 heavy (non-hydrogen) atoms. The Kier molecular flexibility index (Phi) is 5.37. The van der Waals surface area contributed by atoms with Crippen molar-refractivity contribution in [1.29, 1.82) is 0 Å². The van der Waals surface area contributed by atoms with Gasteiger partial charge in [-0.25, -0.2) is 0 Å². The minimum atomic E-state index is -1.01. The van der Waals surface area contributed by atoms with Crippen LogP contribution in [0.4, 0.5) is 0 Å². The maximum absolute atomic E-state index is 10.7. The number of hydrogen-bond acceptors (Lipinski definition) is 3. The van der Waals surface area contributed by atoms with E-state index in [4.69, 9.17) is 6.42 Å². The summed E-state index contributed by atoms with van der Waals surface area (Å²) < 4.78 is 0. The highest BCUT2D eigenvalue weighted by molar-refractivity contribution is 5.72. The third-order valence-corrected chi connectivity index (χ3v) is 2.57. The molecule has 1 aromatic carbocycles. The first kappa shape index (κ1) is 14.2. The number of aliphatic hydroxyl groups excluding tert-OH is 2. The van der Waals surface area contributed by atoms with E-state index >= 15 is 0 Å². The lowest BCUT2D eigenvalue weighted by atomic mass is 10.0. The highest BCUT2D eigenvalue weighted by atomic mass is 16.3. The van der Waals surface area contributed by atoms with Gasteiger partial charge < -0.3 is 15.5 Å². The van der Waals surface area contributed by atoms with Crippen LogP contribution in [0.2, 0.25) is 0 Å². The van der Waals surface area contributed by atoms with Crippen molar-refractivity contribution in [1.82, 2.24) is 5.32 Å². The number of carbonyl (C=O) groups excluding carboxylic acids is 1. The largest absolute Gasteiger partial charge is 0.390 e. The number of benzene rings is 1. The first-order valence-electron chi connectivity index (χ1n) is 5.71. The molecule has 0 aliphatic rings. The number of hydrogen-bond donors (Lipinski definition) is 3. The van der Waals surface area contributed by atoms with Crippen molar-refractivity contribution in [2.75, 3.05) is 6.54 Å². The van der Waals surface area contributed by atoms with Gasteiger partial charge in [0, 0.05) is 19.0 Å². The maximum Gasteiger partial charge on any atom is 0.216 e. The standard InChI is InChI=1S/C14H17NO3/c1-3-11-5-4-6-12(9-11)14(18)13(17)7-8-15-10(2)16/h1,4-6,9,13-14,17-18H,7-8H2,2H3,(H,15,16). The van der Waals surface area contributed by atoms with E-state index in [0.717, 1.165) is 0 Å². The molecule has 96 valence electrons. The molecule has 0 aliphatic heterocycles. The second-order valence-corrected chi connectivity index (χ2v) is 4.05. The number of terminal acetylenes is 1. The summed E-state index contributed by atoms with van der Waals surface area (Å²) in [6.07, 6.45) is 3.60. The first-order chi connectivity index (χ1) is 8.54. The van der Waals surface area contributed by atoms with Crippen molar-refractivity contribution in [2.45, 2.75) is 25.6 Å². The number of rotatable bonds is 5. The van der Waals surface area contributed by atoms with E-state index in [-0.39, 0.29) is 12.3 Å². The van der Waals surface area contributed by atoms with Gasteiger partial charge in [0.2, 0.25) is 5.91 Å². The Hall–Kier alpha value is -1.83. The fourth-order valence-electron chi connectivity index (χ4n) is 1.59. The van der Waals surface area contributed by atoms with E-state index in [1.807, 2.05) is 0 Å². The van der Waals surface area contributed by atoms with Gasteiger partial charge in [-0.3, -0.25) is 4.79 Å². The highest BCUT2D eigenvalue weighted by Gasteiger charge is 2.18. The van der Waals surface area contributed by atoms with Crippen molar-refractivity contribution in [2.24, 2.45) is 0 Å². The molecule has 2 atom stereocenters. The van der Waals surface area contributed by atoms with Crippen molar-refractivity contribution in [3.63, 3.8) is 0 Å². The number of carbonyl (C=O) groups is 1. The number of nitrogens with one attached hydrogen (secondary N) is 1. The van der Waals surface area contributed by atoms with E-state index < -0.39 is 12.2 Å². The third kappa shape index (κ3) is 4.21. The molecule has 0 saturated heterocycles. The van der Waals surface area contributed by atoms with Crippen LogP contribution in [0, 0.1) is 12.3 Å². The second kappa shape index (κ2) is 6.80. The Labute approximate surface area is 107 Å². The summed E-state index contributed by atoms with van der Waals surface area (Å²) in [6.45, 7) is 1.72. The molecule has 4 nitrogen and oxygen atoms in total. The molecule has 3 N–H and O–H groups in total. The summed E-state index contributed by atoms with van der Waals surface area (Å²) in [5, 5.41) is 22.3. The third-order valence-electron chi connectivity index (χ3n) is 2.57. The van der Waals surface area contributed by atoms with Crippen LogP contribution < -0.4 is 5.32 Å². The molecule has 0 bridgehead atoms. The highest BCUT2D eigenvalue weighted by Crippen LogP contribution is 2.19. The molecule has 0 radical (unpaired) electrons. The molecule has 1 amide bonds. The zero-order valence-electron chi connectivity index (χ0n) is 10.3. The van der Waals surface area contributed by atoms with Gasteiger partial charge in [-0.05, 0) is 24.1 Å². The summed E-state index contributed by atoms with van der Waals surface area (Å²) in [5.41, 5.74) is 1.22. The van der Waals surface area contributed by atoms with E-state index in [0.29, 0.717) is 17.7 Å². The van der Waals surface area contributed by atoms with Crippen molar-refractivity contribution < 1.29 is 15.0 Å². The monoisotopic (exact) mass is 247 g/mol. The van der Waals surface area contributed by atoms with Crippen molar-refractivity contribution in [3.8, 4) is 12.3 Å². The predicted molar refractivity (Wildman–Crippen MR) is 68.6 cm³/mol. The van der Waals surface area contributed by atoms with E-state index in [1.54, 1.807) is 24.3 Å². The Morgan fingerprint density at radius 2 is 2.22 bits per heavy atom. The Bertz CT molecular complexity index is 451. The summed E-state index contributed by atoms with van der Waals surface area (Å²) in [7, 11) is 0. The lowest BCUT2D eigenvalue weighted by Crippen LogP contribution is -2.27. The minimum absolute atomic E-state index is 0.161. The van der Waals surface area contributed by atoms with Gasteiger partial charge in [-0.15, -0.1) is 6.42 Å². The zero-order chi connectivity index (χ0) is 13.5. The molecule has 0 aliphatic carbocycles. The summed E-state index contributed by atoms with van der Waals surface area (Å²) in [4.78, 5) is 10.7. The molecule has 0 fully saturated rings. The quantitative estimate of drug-likeness (QED) is 0.667. The van der Waals surface area contributed by atoms with Gasteiger partial charge in [0.25, 0.3) is 0 Å². The molecule has 2 unspecified atom stereocenters. The summed E-state index contributed by atoms with van der Waals surface area (Å²) >= 11 is 0. The van der Waals surface area contributed by atoms with Crippen LogP contribution in [-0.4, -0.2) is 28.8 Å².